The van der Waals surface area contributed by atoms with Crippen molar-refractivity contribution in [2.45, 2.75) is 25.4 Å². The molecule has 0 aliphatic carbocycles. The molecule has 86 valence electrons. The van der Waals surface area contributed by atoms with Crippen molar-refractivity contribution in [2.24, 2.45) is 0 Å². The molecule has 2 nitrogen and oxygen atoms in total. The van der Waals surface area contributed by atoms with Crippen molar-refractivity contribution in [1.82, 2.24) is 9.80 Å². The van der Waals surface area contributed by atoms with Gasteiger partial charge in [-0.15, -0.1) is 0 Å². The maximum Gasteiger partial charge on any atom is 0.0234 e. The van der Waals surface area contributed by atoms with Crippen LogP contribution >= 0.6 is 0 Å². The van der Waals surface area contributed by atoms with E-state index < -0.39 is 0 Å². The number of nitrogens with zero attached hydrogens (tertiary/aromatic N) is 2. The van der Waals surface area contributed by atoms with Gasteiger partial charge in [0.15, 0.2) is 0 Å². The lowest BCUT2D eigenvalue weighted by molar-refractivity contribution is 0.0994. The topological polar surface area (TPSA) is 6.48 Å². The van der Waals surface area contributed by atoms with Gasteiger partial charge in [0.25, 0.3) is 0 Å². The molecule has 16 heavy (non-hydrogen) atoms. The van der Waals surface area contributed by atoms with Gasteiger partial charge in [-0.25, -0.2) is 0 Å². The molecule has 1 aromatic carbocycles. The molecule has 2 saturated heterocycles. The molecule has 2 aliphatic rings. The minimum absolute atomic E-state index is 0.845. The van der Waals surface area contributed by atoms with E-state index in [4.69, 9.17) is 0 Å². The van der Waals surface area contributed by atoms with Crippen LogP contribution in [0.4, 0.5) is 0 Å². The highest BCUT2D eigenvalue weighted by Gasteiger charge is 2.30. The van der Waals surface area contributed by atoms with E-state index in [1.807, 2.05) is 0 Å². The maximum absolute atomic E-state index is 2.67. The Hall–Kier alpha value is -0.860. The first-order valence-electron chi connectivity index (χ1n) is 6.42. The van der Waals surface area contributed by atoms with E-state index in [0.717, 1.165) is 12.6 Å². The first-order valence-corrected chi connectivity index (χ1v) is 6.42. The molecule has 0 saturated carbocycles. The van der Waals surface area contributed by atoms with Crippen molar-refractivity contribution in [3.05, 3.63) is 35.9 Å². The number of hydrogen-bond donors (Lipinski definition) is 0. The molecule has 3 rings (SSSR count). The highest BCUT2D eigenvalue weighted by molar-refractivity contribution is 5.14. The summed E-state index contributed by atoms with van der Waals surface area (Å²) < 4.78 is 0. The van der Waals surface area contributed by atoms with E-state index in [0.29, 0.717) is 0 Å². The molecule has 1 aromatic rings. The highest BCUT2D eigenvalue weighted by atomic mass is 15.3. The molecule has 0 unspecified atom stereocenters. The van der Waals surface area contributed by atoms with Crippen LogP contribution < -0.4 is 0 Å². The van der Waals surface area contributed by atoms with Gasteiger partial charge < -0.3 is 0 Å². The van der Waals surface area contributed by atoms with Crippen LogP contribution in [0.1, 0.15) is 18.4 Å². The van der Waals surface area contributed by atoms with Gasteiger partial charge in [-0.1, -0.05) is 30.3 Å². The Balaban J connectivity index is 1.60. The second-order valence-electron chi connectivity index (χ2n) is 5.05. The molecule has 0 bridgehead atoms. The minimum atomic E-state index is 0.845. The van der Waals surface area contributed by atoms with Gasteiger partial charge in [0.05, 0.1) is 0 Å². The molecule has 2 heterocycles. The Morgan fingerprint density at radius 3 is 2.81 bits per heavy atom. The van der Waals surface area contributed by atoms with Gasteiger partial charge in [-0.05, 0) is 24.9 Å². The second-order valence-corrected chi connectivity index (χ2v) is 5.05. The molecule has 0 N–H and O–H groups in total. The summed E-state index contributed by atoms with van der Waals surface area (Å²) in [6.07, 6.45) is 2.81. The van der Waals surface area contributed by atoms with Crippen molar-refractivity contribution in [3.8, 4) is 0 Å². The molecule has 0 aromatic heterocycles. The van der Waals surface area contributed by atoms with Crippen molar-refractivity contribution in [3.63, 3.8) is 0 Å². The summed E-state index contributed by atoms with van der Waals surface area (Å²) in [5, 5.41) is 0. The SMILES string of the molecule is c1ccc(CN2CCN3CCC[C@H]3C2)cc1. The minimum Gasteiger partial charge on any atom is -0.298 e. The van der Waals surface area contributed by atoms with Gasteiger partial charge in [0.2, 0.25) is 0 Å². The van der Waals surface area contributed by atoms with E-state index in [2.05, 4.69) is 40.1 Å². The number of piperazine rings is 1. The molecule has 0 spiro atoms. The van der Waals surface area contributed by atoms with Crippen LogP contribution in [0.3, 0.4) is 0 Å². The Bertz CT molecular complexity index is 336. The molecule has 2 aliphatic heterocycles. The third-order valence-electron chi connectivity index (χ3n) is 3.92. The lowest BCUT2D eigenvalue weighted by Gasteiger charge is -2.37. The average molecular weight is 216 g/mol. The predicted octanol–water partition coefficient (Wildman–Crippen LogP) is 1.97. The fraction of sp³-hybridized carbons (Fsp3) is 0.571. The van der Waals surface area contributed by atoms with Crippen LogP contribution in [-0.2, 0) is 6.54 Å². The van der Waals surface area contributed by atoms with Crippen molar-refractivity contribution < 1.29 is 0 Å². The van der Waals surface area contributed by atoms with Gasteiger partial charge >= 0.3 is 0 Å². The van der Waals surface area contributed by atoms with E-state index in [1.54, 1.807) is 0 Å². The molecule has 0 radical (unpaired) electrons. The van der Waals surface area contributed by atoms with Crippen LogP contribution in [-0.4, -0.2) is 42.0 Å². The molecular weight excluding hydrogens is 196 g/mol. The normalized spacial score (nSPS) is 26.9. The standard InChI is InChI=1S/C14H20N2/c1-2-5-13(6-3-1)11-15-9-10-16-8-4-7-14(16)12-15/h1-3,5-6,14H,4,7-12H2/t14-/m0/s1. The van der Waals surface area contributed by atoms with Gasteiger partial charge in [0, 0.05) is 32.2 Å². The van der Waals surface area contributed by atoms with E-state index in [-0.39, 0.29) is 0 Å². The van der Waals surface area contributed by atoms with E-state index in [1.165, 1.54) is 44.6 Å². The molecule has 2 fully saturated rings. The largest absolute Gasteiger partial charge is 0.298 e. The fourth-order valence-electron chi connectivity index (χ4n) is 3.04. The number of rotatable bonds is 2. The van der Waals surface area contributed by atoms with Gasteiger partial charge in [-0.2, -0.15) is 0 Å². The third-order valence-corrected chi connectivity index (χ3v) is 3.92. The summed E-state index contributed by atoms with van der Waals surface area (Å²) in [5.41, 5.74) is 1.45. The summed E-state index contributed by atoms with van der Waals surface area (Å²) >= 11 is 0. The zero-order valence-corrected chi connectivity index (χ0v) is 9.81. The van der Waals surface area contributed by atoms with Crippen molar-refractivity contribution in [1.29, 1.82) is 0 Å². The van der Waals surface area contributed by atoms with Crippen LogP contribution in [0.25, 0.3) is 0 Å². The van der Waals surface area contributed by atoms with Crippen LogP contribution in [0.5, 0.6) is 0 Å². The Morgan fingerprint density at radius 1 is 1.06 bits per heavy atom. The number of hydrogen-bond acceptors (Lipinski definition) is 2. The van der Waals surface area contributed by atoms with Gasteiger partial charge in [0.1, 0.15) is 0 Å². The quantitative estimate of drug-likeness (QED) is 0.745. The summed E-state index contributed by atoms with van der Waals surface area (Å²) in [5.74, 6) is 0. The predicted molar refractivity (Wildman–Crippen MR) is 66.3 cm³/mol. The van der Waals surface area contributed by atoms with Crippen LogP contribution in [0.2, 0.25) is 0 Å². The van der Waals surface area contributed by atoms with Gasteiger partial charge in [-0.3, -0.25) is 9.80 Å². The molecule has 0 amide bonds. The van der Waals surface area contributed by atoms with E-state index in [9.17, 15) is 0 Å². The lowest BCUT2D eigenvalue weighted by atomic mass is 10.1. The van der Waals surface area contributed by atoms with Crippen molar-refractivity contribution in [2.75, 3.05) is 26.2 Å². The Morgan fingerprint density at radius 2 is 1.94 bits per heavy atom. The number of fused-ring (bicyclic) bond motifs is 1. The van der Waals surface area contributed by atoms with Crippen LogP contribution in [0.15, 0.2) is 30.3 Å². The lowest BCUT2D eigenvalue weighted by Crippen LogP contribution is -2.49. The monoisotopic (exact) mass is 216 g/mol. The first-order chi connectivity index (χ1) is 7.92. The zero-order valence-electron chi connectivity index (χ0n) is 9.81. The smallest absolute Gasteiger partial charge is 0.0234 e. The number of benzene rings is 1. The second kappa shape index (κ2) is 4.56. The maximum atomic E-state index is 2.67. The van der Waals surface area contributed by atoms with Crippen molar-refractivity contribution >= 4 is 0 Å². The highest BCUT2D eigenvalue weighted by Crippen LogP contribution is 2.22. The average Bonchev–Trinajstić information content (AvgIpc) is 2.77. The first kappa shape index (κ1) is 10.3. The summed E-state index contributed by atoms with van der Waals surface area (Å²) in [6.45, 7) is 6.26. The Kier molecular flexibility index (Phi) is 2.94. The molecule has 1 atom stereocenters. The Labute approximate surface area is 97.9 Å². The summed E-state index contributed by atoms with van der Waals surface area (Å²) in [7, 11) is 0. The summed E-state index contributed by atoms with van der Waals surface area (Å²) in [4.78, 5) is 5.28. The third kappa shape index (κ3) is 2.13. The summed E-state index contributed by atoms with van der Waals surface area (Å²) in [6, 6.07) is 11.7. The molecular formula is C14H20N2. The van der Waals surface area contributed by atoms with E-state index >= 15 is 0 Å². The zero-order chi connectivity index (χ0) is 10.8. The fourth-order valence-corrected chi connectivity index (χ4v) is 3.04. The van der Waals surface area contributed by atoms with Crippen LogP contribution in [0, 0.1) is 0 Å². The molecule has 2 heteroatoms.